The summed E-state index contributed by atoms with van der Waals surface area (Å²) >= 11 is 0. The normalized spacial score (nSPS) is 11.5. The molecular weight excluding hydrogens is 444 g/mol. The van der Waals surface area contributed by atoms with Crippen LogP contribution in [0.15, 0.2) is 0 Å². The first-order valence-corrected chi connectivity index (χ1v) is 14.6. The maximum Gasteiger partial charge on any atom is 0.305 e. The van der Waals surface area contributed by atoms with Crippen LogP contribution in [0.4, 0.5) is 0 Å². The molecule has 0 rings (SSSR count). The fraction of sp³-hybridized carbons (Fsp3) is 0.931. The molecule has 0 aromatic heterocycles. The van der Waals surface area contributed by atoms with Crippen molar-refractivity contribution < 1.29 is 29.6 Å². The van der Waals surface area contributed by atoms with Gasteiger partial charge in [0.1, 0.15) is 12.7 Å². The largest absolute Gasteiger partial charge is 0.481 e. The molecule has 0 aliphatic heterocycles. The molecule has 0 bridgehead atoms. The first-order chi connectivity index (χ1) is 17.0. The van der Waals surface area contributed by atoms with E-state index < -0.39 is 12.1 Å². The Morgan fingerprint density at radius 3 is 1.29 bits per heavy atom. The smallest absolute Gasteiger partial charge is 0.305 e. The fourth-order valence-corrected chi connectivity index (χ4v) is 3.83. The monoisotopic (exact) mass is 502 g/mol. The summed E-state index contributed by atoms with van der Waals surface area (Å²) in [5, 5.41) is 26.0. The Morgan fingerprint density at radius 1 is 0.600 bits per heavy atom. The van der Waals surface area contributed by atoms with Gasteiger partial charge in [-0.15, -0.1) is 0 Å². The van der Waals surface area contributed by atoms with Gasteiger partial charge >= 0.3 is 11.9 Å². The zero-order valence-corrected chi connectivity index (χ0v) is 23.1. The molecule has 0 aliphatic rings. The number of aliphatic hydroxyl groups is 2. The van der Waals surface area contributed by atoms with Gasteiger partial charge in [-0.2, -0.15) is 0 Å². The van der Waals surface area contributed by atoms with Gasteiger partial charge in [0.25, 0.3) is 0 Å². The molecule has 210 valence electrons. The number of hydrogen-bond acceptors (Lipinski definition) is 5. The third kappa shape index (κ3) is 35.1. The third-order valence-electron chi connectivity index (χ3n) is 6.13. The molecule has 0 heterocycles. The number of carbonyl (C=O) groups excluding carboxylic acids is 1. The Labute approximate surface area is 216 Å². The Balaban J connectivity index is 0. The van der Waals surface area contributed by atoms with E-state index in [2.05, 4.69) is 13.8 Å². The molecule has 3 N–H and O–H groups in total. The highest BCUT2D eigenvalue weighted by Crippen LogP contribution is 2.13. The molecule has 6 nitrogen and oxygen atoms in total. The molecule has 0 radical (unpaired) electrons. The van der Waals surface area contributed by atoms with Crippen LogP contribution >= 0.6 is 0 Å². The molecule has 1 unspecified atom stereocenters. The number of rotatable bonds is 25. The van der Waals surface area contributed by atoms with E-state index in [1.807, 2.05) is 0 Å². The van der Waals surface area contributed by atoms with Crippen LogP contribution in [0.5, 0.6) is 0 Å². The standard InChI is InChI=1S/C16H32O2.C13H26O4/c1-2-3-4-5-6-7-8-9-10-11-12-13-14-15-16(17)18;1-2-3-4-5-6-7-8-9-13(16)17-11-12(15)10-14/h2-15H2,1H3,(H,17,18);12,14-15H,2-11H2,1H3. The molecule has 0 aromatic rings. The number of aliphatic carboxylic acids is 1. The molecule has 0 fully saturated rings. The van der Waals surface area contributed by atoms with Crippen LogP contribution in [0.25, 0.3) is 0 Å². The van der Waals surface area contributed by atoms with Crippen molar-refractivity contribution in [3.05, 3.63) is 0 Å². The van der Waals surface area contributed by atoms with Gasteiger partial charge < -0.3 is 20.1 Å². The highest BCUT2D eigenvalue weighted by molar-refractivity contribution is 5.69. The van der Waals surface area contributed by atoms with Crippen LogP contribution in [0.3, 0.4) is 0 Å². The summed E-state index contributed by atoms with van der Waals surface area (Å²) in [6.07, 6.45) is 24.9. The fourth-order valence-electron chi connectivity index (χ4n) is 3.83. The van der Waals surface area contributed by atoms with E-state index in [4.69, 9.17) is 20.1 Å². The second kappa shape index (κ2) is 30.9. The van der Waals surface area contributed by atoms with E-state index in [-0.39, 0.29) is 19.2 Å². The van der Waals surface area contributed by atoms with Crippen LogP contribution < -0.4 is 0 Å². The lowest BCUT2D eigenvalue weighted by atomic mass is 10.0. The van der Waals surface area contributed by atoms with Crippen molar-refractivity contribution >= 4 is 11.9 Å². The Bertz CT molecular complexity index is 441. The SMILES string of the molecule is CCCCCCCCCC(=O)OCC(O)CO.CCCCCCCCCCCCCCCC(=O)O. The van der Waals surface area contributed by atoms with Gasteiger partial charge in [-0.25, -0.2) is 0 Å². The lowest BCUT2D eigenvalue weighted by molar-refractivity contribution is -0.147. The molecule has 6 heteroatoms. The van der Waals surface area contributed by atoms with Crippen molar-refractivity contribution in [2.24, 2.45) is 0 Å². The number of hydrogen-bond donors (Lipinski definition) is 3. The minimum atomic E-state index is -0.951. The molecule has 0 amide bonds. The molecule has 0 aromatic carbocycles. The number of aliphatic hydroxyl groups excluding tert-OH is 2. The van der Waals surface area contributed by atoms with Gasteiger partial charge in [0.05, 0.1) is 6.61 Å². The van der Waals surface area contributed by atoms with E-state index in [0.717, 1.165) is 25.7 Å². The average Bonchev–Trinajstić information content (AvgIpc) is 2.85. The van der Waals surface area contributed by atoms with E-state index >= 15 is 0 Å². The number of unbranched alkanes of at least 4 members (excludes halogenated alkanes) is 18. The number of carboxylic acids is 1. The van der Waals surface area contributed by atoms with Crippen molar-refractivity contribution in [3.8, 4) is 0 Å². The molecular formula is C29H58O6. The highest BCUT2D eigenvalue weighted by atomic mass is 16.5. The number of carbonyl (C=O) groups is 2. The summed E-state index contributed by atoms with van der Waals surface area (Å²) in [4.78, 5) is 21.5. The van der Waals surface area contributed by atoms with E-state index in [9.17, 15) is 9.59 Å². The predicted octanol–water partition coefficient (Wildman–Crippen LogP) is 7.58. The first-order valence-electron chi connectivity index (χ1n) is 14.6. The van der Waals surface area contributed by atoms with Crippen LogP contribution in [0.1, 0.15) is 155 Å². The van der Waals surface area contributed by atoms with E-state index in [0.29, 0.717) is 12.8 Å². The number of carboxylic acid groups (broad SMARTS) is 1. The lowest BCUT2D eigenvalue weighted by Crippen LogP contribution is -2.21. The topological polar surface area (TPSA) is 104 Å². The van der Waals surface area contributed by atoms with Crippen molar-refractivity contribution in [2.45, 2.75) is 161 Å². The predicted molar refractivity (Wildman–Crippen MR) is 145 cm³/mol. The Hall–Kier alpha value is -1.14. The molecule has 0 spiro atoms. The summed E-state index contributed by atoms with van der Waals surface area (Å²) in [5.41, 5.74) is 0. The number of esters is 1. The second-order valence-corrected chi connectivity index (χ2v) is 9.78. The summed E-state index contributed by atoms with van der Waals surface area (Å²) in [7, 11) is 0. The van der Waals surface area contributed by atoms with Crippen LogP contribution in [0.2, 0.25) is 0 Å². The minimum Gasteiger partial charge on any atom is -0.481 e. The lowest BCUT2D eigenvalue weighted by Gasteiger charge is -2.08. The van der Waals surface area contributed by atoms with Gasteiger partial charge in [0.15, 0.2) is 0 Å². The van der Waals surface area contributed by atoms with Crippen molar-refractivity contribution in [2.75, 3.05) is 13.2 Å². The van der Waals surface area contributed by atoms with E-state index in [1.165, 1.54) is 103 Å². The summed E-state index contributed by atoms with van der Waals surface area (Å²) in [5.74, 6) is -0.941. The molecule has 35 heavy (non-hydrogen) atoms. The van der Waals surface area contributed by atoms with E-state index in [1.54, 1.807) is 0 Å². The molecule has 0 saturated heterocycles. The van der Waals surface area contributed by atoms with Crippen molar-refractivity contribution in [1.82, 2.24) is 0 Å². The van der Waals surface area contributed by atoms with Crippen molar-refractivity contribution in [1.29, 1.82) is 0 Å². The molecule has 1 atom stereocenters. The third-order valence-corrected chi connectivity index (χ3v) is 6.13. The van der Waals surface area contributed by atoms with Gasteiger partial charge in [0.2, 0.25) is 0 Å². The Morgan fingerprint density at radius 2 is 0.943 bits per heavy atom. The van der Waals surface area contributed by atoms with Crippen LogP contribution in [0, 0.1) is 0 Å². The van der Waals surface area contributed by atoms with Crippen molar-refractivity contribution in [3.63, 3.8) is 0 Å². The molecule has 0 saturated carbocycles. The summed E-state index contributed by atoms with van der Waals surface area (Å²) < 4.78 is 4.79. The van der Waals surface area contributed by atoms with Gasteiger partial charge in [-0.3, -0.25) is 9.59 Å². The maximum atomic E-state index is 11.2. The molecule has 0 aliphatic carbocycles. The highest BCUT2D eigenvalue weighted by Gasteiger charge is 2.07. The first kappa shape index (κ1) is 36.0. The number of ether oxygens (including phenoxy) is 1. The summed E-state index contributed by atoms with van der Waals surface area (Å²) in [6, 6.07) is 0. The van der Waals surface area contributed by atoms with Crippen LogP contribution in [-0.2, 0) is 14.3 Å². The quantitative estimate of drug-likeness (QED) is 0.0878. The zero-order valence-electron chi connectivity index (χ0n) is 23.1. The van der Waals surface area contributed by atoms with Gasteiger partial charge in [-0.1, -0.05) is 129 Å². The van der Waals surface area contributed by atoms with Gasteiger partial charge in [0, 0.05) is 12.8 Å². The van der Waals surface area contributed by atoms with Crippen LogP contribution in [-0.4, -0.2) is 46.6 Å². The average molecular weight is 503 g/mol. The summed E-state index contributed by atoms with van der Waals surface area (Å²) in [6.45, 7) is 3.98. The maximum absolute atomic E-state index is 11.2. The Kier molecular flexibility index (Phi) is 31.8. The minimum absolute atomic E-state index is 0.105. The second-order valence-electron chi connectivity index (χ2n) is 9.78. The zero-order chi connectivity index (χ0) is 26.4. The van der Waals surface area contributed by atoms with Gasteiger partial charge in [-0.05, 0) is 12.8 Å².